The fourth-order valence-corrected chi connectivity index (χ4v) is 4.93. The quantitative estimate of drug-likeness (QED) is 0.495. The Hall–Kier alpha value is -3.85. The highest BCUT2D eigenvalue weighted by atomic mass is 32.2. The lowest BCUT2D eigenvalue weighted by atomic mass is 10.1. The third-order valence-electron chi connectivity index (χ3n) is 5.88. The molecule has 9 heteroatoms. The summed E-state index contributed by atoms with van der Waals surface area (Å²) in [6.07, 6.45) is 0.380. The Morgan fingerprint density at radius 2 is 1.61 bits per heavy atom. The van der Waals surface area contributed by atoms with Crippen molar-refractivity contribution in [3.8, 4) is 0 Å². The first-order valence-corrected chi connectivity index (χ1v) is 12.4. The number of nitrogens with one attached hydrogen (secondary N) is 1. The van der Waals surface area contributed by atoms with E-state index in [0.29, 0.717) is 16.8 Å². The van der Waals surface area contributed by atoms with Crippen LogP contribution in [0.4, 0.5) is 14.5 Å². The maximum atomic E-state index is 13.3. The molecule has 0 radical (unpaired) electrons. The molecule has 5 rings (SSSR count). The largest absolute Gasteiger partial charge is 0.352 e. The summed E-state index contributed by atoms with van der Waals surface area (Å²) in [5, 5.41) is 3.30. The maximum Gasteiger partial charge on any atom is 0.259 e. The highest BCUT2D eigenvalue weighted by Crippen LogP contribution is 2.35. The molecule has 36 heavy (non-hydrogen) atoms. The molecule has 2 heterocycles. The molecule has 0 fully saturated rings. The molecule has 0 saturated heterocycles. The number of amides is 2. The van der Waals surface area contributed by atoms with Gasteiger partial charge in [0.1, 0.15) is 23.5 Å². The van der Waals surface area contributed by atoms with Crippen LogP contribution < -0.4 is 5.32 Å². The smallest absolute Gasteiger partial charge is 0.259 e. The molecule has 2 amide bonds. The lowest BCUT2D eigenvalue weighted by molar-refractivity contribution is -0.125. The summed E-state index contributed by atoms with van der Waals surface area (Å²) in [6.45, 7) is 0.280. The number of nitrogens with zero attached hydrogens (tertiary/aromatic N) is 3. The summed E-state index contributed by atoms with van der Waals surface area (Å²) in [5.41, 5.74) is 3.18. The number of carbonyl (C=O) groups excluding carboxylic acids is 2. The summed E-state index contributed by atoms with van der Waals surface area (Å²) in [4.78, 5) is 36.6. The van der Waals surface area contributed by atoms with Gasteiger partial charge in [0, 0.05) is 24.3 Å². The molecule has 0 spiro atoms. The summed E-state index contributed by atoms with van der Waals surface area (Å²) in [6, 6.07) is 18.9. The normalized spacial score (nSPS) is 16.2. The number of rotatable bonds is 7. The summed E-state index contributed by atoms with van der Waals surface area (Å²) in [5.74, 6) is -0.0335. The van der Waals surface area contributed by atoms with Crippen molar-refractivity contribution in [2.24, 2.45) is 9.98 Å². The van der Waals surface area contributed by atoms with Crippen LogP contribution in [0.25, 0.3) is 0 Å². The van der Waals surface area contributed by atoms with Crippen LogP contribution in [0.3, 0.4) is 0 Å². The van der Waals surface area contributed by atoms with Crippen molar-refractivity contribution in [3.63, 3.8) is 0 Å². The molecule has 0 aliphatic carbocycles. The Balaban J connectivity index is 1.26. The van der Waals surface area contributed by atoms with Crippen LogP contribution in [-0.4, -0.2) is 33.8 Å². The van der Waals surface area contributed by atoms with Crippen LogP contribution in [0.15, 0.2) is 82.8 Å². The predicted molar refractivity (Wildman–Crippen MR) is 136 cm³/mol. The molecule has 2 aliphatic rings. The minimum absolute atomic E-state index is 0.124. The van der Waals surface area contributed by atoms with Crippen molar-refractivity contribution >= 4 is 40.3 Å². The monoisotopic (exact) mass is 504 g/mol. The third kappa shape index (κ3) is 5.21. The molecule has 3 aromatic rings. The van der Waals surface area contributed by atoms with E-state index in [-0.39, 0.29) is 42.8 Å². The Bertz CT molecular complexity index is 1360. The van der Waals surface area contributed by atoms with Crippen LogP contribution >= 0.6 is 11.8 Å². The van der Waals surface area contributed by atoms with Gasteiger partial charge in [-0.05, 0) is 53.9 Å². The summed E-state index contributed by atoms with van der Waals surface area (Å²) in [7, 11) is 0. The number of aliphatic imine (C=N–C) groups is 2. The number of hydrogen-bond acceptors (Lipinski definition) is 5. The van der Waals surface area contributed by atoms with Gasteiger partial charge in [-0.3, -0.25) is 14.6 Å². The average molecular weight is 505 g/mol. The van der Waals surface area contributed by atoms with Crippen molar-refractivity contribution < 1.29 is 18.4 Å². The standard InChI is InChI=1S/C27H22F2N4O2S/c28-19-9-5-17(6-10-19)15-30-24(34)14-13-23-26(35)33-25(31-23)21-3-1-2-4-22(21)32-27(33)36-16-18-7-11-20(29)12-8-18/h1-12,23H,13-16H2,(H,30,34)/t23-/m0/s1. The molecule has 0 unspecified atom stereocenters. The Kier molecular flexibility index (Phi) is 6.90. The molecule has 6 nitrogen and oxygen atoms in total. The molecule has 3 aromatic carbocycles. The molecule has 2 aliphatic heterocycles. The Labute approximate surface area is 211 Å². The van der Waals surface area contributed by atoms with E-state index in [1.807, 2.05) is 24.3 Å². The number of fused-ring (bicyclic) bond motifs is 3. The van der Waals surface area contributed by atoms with Crippen molar-refractivity contribution in [3.05, 3.63) is 101 Å². The third-order valence-corrected chi connectivity index (χ3v) is 6.89. The predicted octanol–water partition coefficient (Wildman–Crippen LogP) is 4.95. The van der Waals surface area contributed by atoms with Gasteiger partial charge >= 0.3 is 0 Å². The van der Waals surface area contributed by atoms with Gasteiger partial charge in [-0.1, -0.05) is 48.2 Å². The van der Waals surface area contributed by atoms with Gasteiger partial charge in [0.05, 0.1) is 5.69 Å². The number of hydrogen-bond donors (Lipinski definition) is 1. The Morgan fingerprint density at radius 3 is 2.33 bits per heavy atom. The Morgan fingerprint density at radius 1 is 0.944 bits per heavy atom. The van der Waals surface area contributed by atoms with Crippen molar-refractivity contribution in [1.82, 2.24) is 10.2 Å². The van der Waals surface area contributed by atoms with E-state index in [1.54, 1.807) is 24.3 Å². The highest BCUT2D eigenvalue weighted by Gasteiger charge is 2.41. The van der Waals surface area contributed by atoms with E-state index in [0.717, 1.165) is 22.4 Å². The van der Waals surface area contributed by atoms with E-state index >= 15 is 0 Å². The topological polar surface area (TPSA) is 74.1 Å². The highest BCUT2D eigenvalue weighted by molar-refractivity contribution is 8.13. The number of benzene rings is 3. The van der Waals surface area contributed by atoms with Crippen molar-refractivity contribution in [1.29, 1.82) is 0 Å². The maximum absolute atomic E-state index is 13.3. The second kappa shape index (κ2) is 10.4. The van der Waals surface area contributed by atoms with Gasteiger partial charge in [-0.2, -0.15) is 0 Å². The number of carbonyl (C=O) groups is 2. The van der Waals surface area contributed by atoms with Crippen molar-refractivity contribution in [2.75, 3.05) is 0 Å². The van der Waals surface area contributed by atoms with Crippen LogP contribution in [-0.2, 0) is 21.9 Å². The molecular weight excluding hydrogens is 482 g/mol. The van der Waals surface area contributed by atoms with E-state index in [1.165, 1.54) is 40.9 Å². The van der Waals surface area contributed by atoms with Gasteiger partial charge < -0.3 is 5.32 Å². The van der Waals surface area contributed by atoms with Crippen LogP contribution in [0.2, 0.25) is 0 Å². The van der Waals surface area contributed by atoms with Crippen molar-refractivity contribution in [2.45, 2.75) is 31.2 Å². The molecule has 0 bridgehead atoms. The zero-order chi connectivity index (χ0) is 25.1. The summed E-state index contributed by atoms with van der Waals surface area (Å²) >= 11 is 1.38. The second-order valence-corrected chi connectivity index (χ2v) is 9.35. The zero-order valence-electron chi connectivity index (χ0n) is 19.2. The molecule has 1 atom stereocenters. The fraction of sp³-hybridized carbons (Fsp3) is 0.185. The first-order chi connectivity index (χ1) is 17.5. The number of amidine groups is 2. The molecular formula is C27H22F2N4O2S. The summed E-state index contributed by atoms with van der Waals surface area (Å²) < 4.78 is 26.3. The van der Waals surface area contributed by atoms with Gasteiger partial charge in [0.25, 0.3) is 5.91 Å². The van der Waals surface area contributed by atoms with E-state index < -0.39 is 6.04 Å². The first-order valence-electron chi connectivity index (χ1n) is 11.5. The van der Waals surface area contributed by atoms with E-state index in [4.69, 9.17) is 4.99 Å². The van der Waals surface area contributed by atoms with E-state index in [2.05, 4.69) is 10.3 Å². The molecule has 0 aromatic heterocycles. The van der Waals surface area contributed by atoms with Gasteiger partial charge in [0.15, 0.2) is 5.17 Å². The van der Waals surface area contributed by atoms with Gasteiger partial charge in [0.2, 0.25) is 5.91 Å². The number of thioether (sulfide) groups is 1. The number of para-hydroxylation sites is 1. The minimum atomic E-state index is -0.695. The number of halogens is 2. The van der Waals surface area contributed by atoms with Crippen LogP contribution in [0.5, 0.6) is 0 Å². The van der Waals surface area contributed by atoms with Crippen LogP contribution in [0.1, 0.15) is 29.5 Å². The molecule has 182 valence electrons. The van der Waals surface area contributed by atoms with Gasteiger partial charge in [-0.25, -0.2) is 18.7 Å². The fourth-order valence-electron chi connectivity index (χ4n) is 3.97. The molecule has 1 N–H and O–H groups in total. The van der Waals surface area contributed by atoms with Gasteiger partial charge in [-0.15, -0.1) is 0 Å². The molecule has 0 saturated carbocycles. The zero-order valence-corrected chi connectivity index (χ0v) is 20.0. The minimum Gasteiger partial charge on any atom is -0.352 e. The lowest BCUT2D eigenvalue weighted by Crippen LogP contribution is -2.41. The first kappa shape index (κ1) is 23.9. The lowest BCUT2D eigenvalue weighted by Gasteiger charge is -2.25. The second-order valence-electron chi connectivity index (χ2n) is 8.41. The van der Waals surface area contributed by atoms with E-state index in [9.17, 15) is 18.4 Å². The average Bonchev–Trinajstić information content (AvgIpc) is 3.23. The van der Waals surface area contributed by atoms with Crippen LogP contribution in [0, 0.1) is 11.6 Å². The SMILES string of the molecule is O=C(CC[C@@H]1N=C2c3ccccc3N=C(SCc3ccc(F)cc3)N2C1=O)NCc1ccc(F)cc1.